The molecule has 4 saturated heterocycles. The van der Waals surface area contributed by atoms with Crippen molar-refractivity contribution in [3.63, 3.8) is 0 Å². The molecule has 14 heteroatoms. The first-order chi connectivity index (χ1) is 25.7. The number of carbonyl (C=O) groups excluding carboxylic acids is 3. The maximum atomic E-state index is 14.9. The number of halogens is 1. The van der Waals surface area contributed by atoms with E-state index in [1.165, 1.54) is 6.07 Å². The Morgan fingerprint density at radius 3 is 2.15 bits per heavy atom. The van der Waals surface area contributed by atoms with E-state index in [1.807, 2.05) is 30.9 Å². The van der Waals surface area contributed by atoms with Crippen LogP contribution >= 0.6 is 0 Å². The smallest absolute Gasteiger partial charge is 0.272 e. The first kappa shape index (κ1) is 40.9. The van der Waals surface area contributed by atoms with Crippen LogP contribution in [0.1, 0.15) is 55.7 Å². The number of H-pyrrole nitrogens is 1. The fourth-order valence-electron chi connectivity index (χ4n) is 7.68. The summed E-state index contributed by atoms with van der Waals surface area (Å²) in [4.78, 5) is 61.6. The molecule has 3 aromatic rings. The van der Waals surface area contributed by atoms with Crippen LogP contribution in [-0.4, -0.2) is 150 Å². The minimum Gasteiger partial charge on any atom is -0.381 e. The molecule has 3 amide bonds. The van der Waals surface area contributed by atoms with E-state index < -0.39 is 17.8 Å². The number of nitrogens with two attached hydrogens (primary N) is 1. The maximum absolute atomic E-state index is 14.9. The topological polar surface area (TPSA) is 148 Å². The van der Waals surface area contributed by atoms with Crippen molar-refractivity contribution in [3.05, 3.63) is 75.5 Å². The second kappa shape index (κ2) is 18.9. The predicted octanol–water partition coefficient (Wildman–Crippen LogP) is 2.43. The number of nitrogens with zero attached hydrogens (tertiary/aromatic N) is 6. The van der Waals surface area contributed by atoms with Crippen molar-refractivity contribution < 1.29 is 23.5 Å². The largest absolute Gasteiger partial charge is 0.381 e. The van der Waals surface area contributed by atoms with E-state index in [4.69, 9.17) is 10.5 Å². The summed E-state index contributed by atoms with van der Waals surface area (Å²) < 4.78 is 20.1. The molecule has 1 aromatic heterocycles. The molecular formula is C40H57FN8O5. The van der Waals surface area contributed by atoms with Gasteiger partial charge in [0.05, 0.1) is 42.4 Å². The summed E-state index contributed by atoms with van der Waals surface area (Å²) in [7, 11) is 0. The highest BCUT2D eigenvalue weighted by Crippen LogP contribution is 2.22. The molecule has 0 aliphatic carbocycles. The number of aromatic nitrogens is 2. The van der Waals surface area contributed by atoms with Gasteiger partial charge in [0.15, 0.2) is 0 Å². The van der Waals surface area contributed by atoms with Crippen LogP contribution in [0, 0.1) is 17.7 Å². The molecule has 0 saturated carbocycles. The Bertz CT molecular complexity index is 1790. The molecule has 1 unspecified atom stereocenters. The first-order valence-electron chi connectivity index (χ1n) is 19.1. The second-order valence-corrected chi connectivity index (χ2v) is 14.4. The number of likely N-dealkylation sites (tertiary alicyclic amines) is 1. The third-order valence-corrected chi connectivity index (χ3v) is 11.1. The van der Waals surface area contributed by atoms with Gasteiger partial charge < -0.3 is 25.2 Å². The van der Waals surface area contributed by atoms with E-state index in [2.05, 4.69) is 20.0 Å². The van der Waals surface area contributed by atoms with Crippen LogP contribution in [0.15, 0.2) is 47.3 Å². The lowest BCUT2D eigenvalue weighted by Gasteiger charge is -2.41. The highest BCUT2D eigenvalue weighted by atomic mass is 19.1. The molecular weight excluding hydrogens is 691 g/mol. The molecule has 3 N–H and O–H groups in total. The molecule has 4 aliphatic heterocycles. The monoisotopic (exact) mass is 748 g/mol. The number of hydrogen-bond donors (Lipinski definition) is 2. The minimum atomic E-state index is -0.595. The zero-order chi connectivity index (χ0) is 37.5. The lowest BCUT2D eigenvalue weighted by molar-refractivity contribution is -0.141. The summed E-state index contributed by atoms with van der Waals surface area (Å²) in [5.41, 5.74) is 7.22. The van der Waals surface area contributed by atoms with Gasteiger partial charge in [-0.05, 0) is 55.6 Å². The number of piperazine rings is 2. The maximum Gasteiger partial charge on any atom is 0.272 e. The van der Waals surface area contributed by atoms with Gasteiger partial charge in [-0.2, -0.15) is 5.10 Å². The summed E-state index contributed by atoms with van der Waals surface area (Å²) in [6, 6.07) is 11.2. The Kier molecular flexibility index (Phi) is 14.3. The van der Waals surface area contributed by atoms with Crippen LogP contribution in [0.5, 0.6) is 0 Å². The Labute approximate surface area is 317 Å². The number of fused-ring (bicyclic) bond motifs is 1. The molecule has 7 rings (SSSR count). The van der Waals surface area contributed by atoms with E-state index in [-0.39, 0.29) is 36.3 Å². The molecule has 0 radical (unpaired) electrons. The molecule has 0 bridgehead atoms. The number of piperidine rings is 1. The predicted molar refractivity (Wildman–Crippen MR) is 207 cm³/mol. The number of aromatic amines is 1. The van der Waals surface area contributed by atoms with Gasteiger partial charge in [0, 0.05) is 76.6 Å². The van der Waals surface area contributed by atoms with Gasteiger partial charge in [-0.1, -0.05) is 45.5 Å². The van der Waals surface area contributed by atoms with Crippen LogP contribution in [0.2, 0.25) is 0 Å². The minimum absolute atomic E-state index is 0. The summed E-state index contributed by atoms with van der Waals surface area (Å²) >= 11 is 0. The summed E-state index contributed by atoms with van der Waals surface area (Å²) in [6.07, 6.45) is 2.38. The van der Waals surface area contributed by atoms with Crippen LogP contribution in [-0.2, 0) is 20.7 Å². The Balaban J connectivity index is 0.00000184. The summed E-state index contributed by atoms with van der Waals surface area (Å²) in [5.74, 6) is -0.190. The van der Waals surface area contributed by atoms with Crippen LogP contribution in [0.25, 0.3) is 10.8 Å². The number of nitrogens with one attached hydrogen (secondary N) is 1. The highest BCUT2D eigenvalue weighted by molar-refractivity contribution is 5.95. The van der Waals surface area contributed by atoms with Gasteiger partial charge in [-0.3, -0.25) is 29.0 Å². The first-order valence-corrected chi connectivity index (χ1v) is 19.1. The normalized spacial score (nSPS) is 19.4. The van der Waals surface area contributed by atoms with Crippen molar-refractivity contribution in [3.8, 4) is 0 Å². The Morgan fingerprint density at radius 2 is 1.50 bits per heavy atom. The fourth-order valence-corrected chi connectivity index (χ4v) is 7.68. The molecule has 1 atom stereocenters. The third-order valence-electron chi connectivity index (χ3n) is 11.1. The zero-order valence-corrected chi connectivity index (χ0v) is 31.0. The van der Waals surface area contributed by atoms with Gasteiger partial charge in [-0.25, -0.2) is 9.49 Å². The van der Waals surface area contributed by atoms with E-state index >= 15 is 0 Å². The lowest BCUT2D eigenvalue weighted by Crippen LogP contribution is -2.58. The third kappa shape index (κ3) is 9.52. The standard InChI is InChI=1S/C37H47FN8O5.C2H6.CH4/c38-31-6-5-26(20-32-28-3-1-2-4-29(28)35(48)41-40-32)19-30(31)36(49)45-17-15-44(16-18-45)33(47)22-42-9-7-25(8-10-42)21-43-11-13-46(14-12-43)37(50)34(39)27-23-51-24-27;1-2;/h1-6,19,25,27,34H,7-18,20-24,39H2,(H,41,48);1-2H3;1H4. The van der Waals surface area contributed by atoms with Crippen molar-refractivity contribution in [2.24, 2.45) is 17.6 Å². The van der Waals surface area contributed by atoms with Crippen molar-refractivity contribution in [2.75, 3.05) is 91.8 Å². The lowest BCUT2D eigenvalue weighted by atomic mass is 9.95. The molecule has 4 fully saturated rings. The number of ether oxygens (including phenoxy) is 1. The molecule has 0 spiro atoms. The number of hydrogen-bond acceptors (Lipinski definition) is 9. The molecule has 4 aliphatic rings. The molecule has 13 nitrogen and oxygen atoms in total. The van der Waals surface area contributed by atoms with Crippen molar-refractivity contribution in [2.45, 2.75) is 46.6 Å². The molecule has 5 heterocycles. The highest BCUT2D eigenvalue weighted by Gasteiger charge is 2.35. The molecule has 294 valence electrons. The van der Waals surface area contributed by atoms with Gasteiger partial charge in [0.1, 0.15) is 5.82 Å². The van der Waals surface area contributed by atoms with Crippen molar-refractivity contribution in [1.29, 1.82) is 0 Å². The van der Waals surface area contributed by atoms with Gasteiger partial charge in [0.2, 0.25) is 11.8 Å². The van der Waals surface area contributed by atoms with Crippen LogP contribution < -0.4 is 11.3 Å². The number of carbonyl (C=O) groups is 3. The van der Waals surface area contributed by atoms with Gasteiger partial charge in [-0.15, -0.1) is 0 Å². The zero-order valence-electron chi connectivity index (χ0n) is 31.0. The van der Waals surface area contributed by atoms with Crippen molar-refractivity contribution >= 4 is 28.5 Å². The van der Waals surface area contributed by atoms with Crippen molar-refractivity contribution in [1.82, 2.24) is 34.7 Å². The van der Waals surface area contributed by atoms with Crippen LogP contribution in [0.3, 0.4) is 0 Å². The van der Waals surface area contributed by atoms with E-state index in [0.29, 0.717) is 93.4 Å². The average molecular weight is 749 g/mol. The fraction of sp³-hybridized carbons (Fsp3) is 0.575. The summed E-state index contributed by atoms with van der Waals surface area (Å²) in [5, 5.41) is 7.98. The van der Waals surface area contributed by atoms with E-state index in [0.717, 1.165) is 45.6 Å². The Hall–Kier alpha value is -4.24. The molecule has 54 heavy (non-hydrogen) atoms. The number of amides is 3. The van der Waals surface area contributed by atoms with Gasteiger partial charge >= 0.3 is 0 Å². The summed E-state index contributed by atoms with van der Waals surface area (Å²) in [6.45, 7) is 12.9. The molecule has 2 aromatic carbocycles. The average Bonchev–Trinajstić information content (AvgIpc) is 3.17. The van der Waals surface area contributed by atoms with E-state index in [9.17, 15) is 23.6 Å². The number of benzene rings is 2. The number of rotatable bonds is 9. The SMILES string of the molecule is C.CC.NC(C(=O)N1CCN(CC2CCN(CC(=O)N3CCN(C(=O)c4cc(Cc5n[nH]c(=O)c6ccccc56)ccc4F)CC3)CC2)CC1)C1COC1. The quantitative estimate of drug-likeness (QED) is 0.337. The van der Waals surface area contributed by atoms with Gasteiger partial charge in [0.25, 0.3) is 11.5 Å². The second-order valence-electron chi connectivity index (χ2n) is 14.4. The van der Waals surface area contributed by atoms with E-state index in [1.54, 1.807) is 34.1 Å². The Morgan fingerprint density at radius 1 is 0.870 bits per heavy atom. The van der Waals surface area contributed by atoms with Crippen LogP contribution in [0.4, 0.5) is 4.39 Å².